The maximum Gasteiger partial charge on any atom is 0.338 e. The van der Waals surface area contributed by atoms with E-state index in [9.17, 15) is 4.79 Å². The summed E-state index contributed by atoms with van der Waals surface area (Å²) in [6.07, 6.45) is 0. The van der Waals surface area contributed by atoms with E-state index in [1.54, 1.807) is 12.1 Å². The molecule has 1 N–H and O–H groups in total. The molecule has 3 nitrogen and oxygen atoms in total. The van der Waals surface area contributed by atoms with Crippen LogP contribution < -0.4 is 0 Å². The molecule has 0 bridgehead atoms. The highest BCUT2D eigenvalue weighted by molar-refractivity contribution is 7.98. The molecule has 0 amide bonds. The molecule has 0 saturated heterocycles. The van der Waals surface area contributed by atoms with E-state index in [0.29, 0.717) is 15.8 Å². The summed E-state index contributed by atoms with van der Waals surface area (Å²) < 4.78 is 0. The molecule has 1 aromatic carbocycles. The van der Waals surface area contributed by atoms with Gasteiger partial charge in [0.15, 0.2) is 0 Å². The number of halogens is 1. The summed E-state index contributed by atoms with van der Waals surface area (Å²) >= 11 is 7.23. The van der Waals surface area contributed by atoms with Crippen LogP contribution in [0.15, 0.2) is 41.4 Å². The van der Waals surface area contributed by atoms with Gasteiger partial charge in [0.25, 0.3) is 0 Å². The monoisotopic (exact) mass is 293 g/mol. The molecule has 0 radical (unpaired) electrons. The number of carbonyl (C=O) groups is 1. The van der Waals surface area contributed by atoms with Gasteiger partial charge >= 0.3 is 5.97 Å². The third kappa shape index (κ3) is 3.72. The Labute approximate surface area is 120 Å². The quantitative estimate of drug-likeness (QED) is 0.865. The number of carboxylic acid groups (broad SMARTS) is 1. The maximum atomic E-state index is 11.1. The van der Waals surface area contributed by atoms with Crippen molar-refractivity contribution >= 4 is 29.3 Å². The number of nitrogens with zero attached hydrogens (tertiary/aromatic N) is 1. The highest BCUT2D eigenvalue weighted by Crippen LogP contribution is 2.25. The minimum atomic E-state index is -0.953. The predicted molar refractivity (Wildman–Crippen MR) is 76.9 cm³/mol. The fraction of sp³-hybridized carbons (Fsp3) is 0.143. The zero-order valence-electron chi connectivity index (χ0n) is 10.3. The molecule has 1 heterocycles. The molecular formula is C14H12ClNO2S. The van der Waals surface area contributed by atoms with E-state index in [2.05, 4.69) is 4.98 Å². The second kappa shape index (κ2) is 6.08. The number of carboxylic acids is 1. The zero-order chi connectivity index (χ0) is 13.8. The fourth-order valence-corrected chi connectivity index (χ4v) is 2.68. The van der Waals surface area contributed by atoms with Gasteiger partial charge in [-0.3, -0.25) is 0 Å². The predicted octanol–water partition coefficient (Wildman–Crippen LogP) is 4.03. The lowest BCUT2D eigenvalue weighted by molar-refractivity contribution is 0.0692. The number of rotatable bonds is 4. The molecule has 2 aromatic rings. The van der Waals surface area contributed by atoms with Gasteiger partial charge in [-0.15, -0.1) is 11.8 Å². The van der Waals surface area contributed by atoms with Gasteiger partial charge in [-0.2, -0.15) is 0 Å². The average molecular weight is 294 g/mol. The number of aryl methyl sites for hydroxylation is 1. The van der Waals surface area contributed by atoms with Gasteiger partial charge in [0.1, 0.15) is 5.03 Å². The number of thioether (sulfide) groups is 1. The molecule has 19 heavy (non-hydrogen) atoms. The SMILES string of the molecule is Cc1ccc(C(=O)O)c(SCc2ccc(Cl)cc2)n1. The molecule has 2 rings (SSSR count). The summed E-state index contributed by atoms with van der Waals surface area (Å²) in [6.45, 7) is 1.85. The van der Waals surface area contributed by atoms with Gasteiger partial charge in [0.05, 0.1) is 5.56 Å². The van der Waals surface area contributed by atoms with Crippen molar-refractivity contribution in [2.24, 2.45) is 0 Å². The highest BCUT2D eigenvalue weighted by Gasteiger charge is 2.12. The first kappa shape index (κ1) is 13.9. The van der Waals surface area contributed by atoms with Crippen LogP contribution in [-0.2, 0) is 5.75 Å². The van der Waals surface area contributed by atoms with E-state index in [4.69, 9.17) is 16.7 Å². The fourth-order valence-electron chi connectivity index (χ4n) is 1.54. The Morgan fingerprint density at radius 2 is 1.95 bits per heavy atom. The lowest BCUT2D eigenvalue weighted by atomic mass is 10.2. The molecule has 0 atom stereocenters. The van der Waals surface area contributed by atoms with Crippen molar-refractivity contribution in [1.82, 2.24) is 4.98 Å². The Hall–Kier alpha value is -1.52. The third-order valence-electron chi connectivity index (χ3n) is 2.52. The van der Waals surface area contributed by atoms with Crippen LogP contribution in [0, 0.1) is 6.92 Å². The van der Waals surface area contributed by atoms with E-state index < -0.39 is 5.97 Å². The van der Waals surface area contributed by atoms with Crippen LogP contribution in [0.3, 0.4) is 0 Å². The Kier molecular flexibility index (Phi) is 4.45. The molecule has 0 unspecified atom stereocenters. The molecule has 0 aliphatic carbocycles. The van der Waals surface area contributed by atoms with E-state index in [1.165, 1.54) is 11.8 Å². The van der Waals surface area contributed by atoms with Crippen LogP contribution in [0.2, 0.25) is 5.02 Å². The smallest absolute Gasteiger partial charge is 0.338 e. The molecular weight excluding hydrogens is 282 g/mol. The van der Waals surface area contributed by atoms with Crippen LogP contribution >= 0.6 is 23.4 Å². The standard InChI is InChI=1S/C14H12ClNO2S/c1-9-2-7-12(14(17)18)13(16-9)19-8-10-3-5-11(15)6-4-10/h2-7H,8H2,1H3,(H,17,18). The number of hydrogen-bond donors (Lipinski definition) is 1. The molecule has 0 aliphatic rings. The molecule has 98 valence electrons. The Morgan fingerprint density at radius 1 is 1.26 bits per heavy atom. The van der Waals surface area contributed by atoms with Gasteiger partial charge in [-0.25, -0.2) is 9.78 Å². The minimum Gasteiger partial charge on any atom is -0.478 e. The van der Waals surface area contributed by atoms with Crippen LogP contribution in [0.5, 0.6) is 0 Å². The van der Waals surface area contributed by atoms with E-state index in [0.717, 1.165) is 11.3 Å². The Balaban J connectivity index is 2.16. The van der Waals surface area contributed by atoms with Crippen molar-refractivity contribution in [3.8, 4) is 0 Å². The Morgan fingerprint density at radius 3 is 2.58 bits per heavy atom. The van der Waals surface area contributed by atoms with Crippen molar-refractivity contribution < 1.29 is 9.90 Å². The summed E-state index contributed by atoms with van der Waals surface area (Å²) in [7, 11) is 0. The largest absolute Gasteiger partial charge is 0.478 e. The number of aromatic nitrogens is 1. The lowest BCUT2D eigenvalue weighted by Gasteiger charge is -2.06. The highest BCUT2D eigenvalue weighted by atomic mass is 35.5. The first-order valence-electron chi connectivity index (χ1n) is 5.64. The molecule has 0 aliphatic heterocycles. The number of pyridine rings is 1. The van der Waals surface area contributed by atoms with Crippen molar-refractivity contribution in [3.63, 3.8) is 0 Å². The van der Waals surface area contributed by atoms with Crippen molar-refractivity contribution in [2.45, 2.75) is 17.7 Å². The molecule has 0 spiro atoms. The molecule has 0 saturated carbocycles. The minimum absolute atomic E-state index is 0.240. The number of hydrogen-bond acceptors (Lipinski definition) is 3. The summed E-state index contributed by atoms with van der Waals surface area (Å²) in [5.41, 5.74) is 2.13. The van der Waals surface area contributed by atoms with Gasteiger partial charge in [-0.1, -0.05) is 23.7 Å². The maximum absolute atomic E-state index is 11.1. The first-order valence-corrected chi connectivity index (χ1v) is 7.01. The topological polar surface area (TPSA) is 50.2 Å². The molecule has 0 fully saturated rings. The van der Waals surface area contributed by atoms with Crippen LogP contribution in [-0.4, -0.2) is 16.1 Å². The molecule has 1 aromatic heterocycles. The van der Waals surface area contributed by atoms with E-state index >= 15 is 0 Å². The average Bonchev–Trinajstić information content (AvgIpc) is 2.38. The normalized spacial score (nSPS) is 10.4. The molecule has 5 heteroatoms. The van der Waals surface area contributed by atoms with Gasteiger partial charge < -0.3 is 5.11 Å². The van der Waals surface area contributed by atoms with Crippen molar-refractivity contribution in [3.05, 3.63) is 58.2 Å². The van der Waals surface area contributed by atoms with Crippen LogP contribution in [0.4, 0.5) is 0 Å². The van der Waals surface area contributed by atoms with E-state index in [1.807, 2.05) is 31.2 Å². The van der Waals surface area contributed by atoms with Crippen LogP contribution in [0.25, 0.3) is 0 Å². The second-order valence-corrected chi connectivity index (χ2v) is 5.43. The summed E-state index contributed by atoms with van der Waals surface area (Å²) in [4.78, 5) is 15.4. The number of aromatic carboxylic acids is 1. The van der Waals surface area contributed by atoms with Gasteiger partial charge in [0.2, 0.25) is 0 Å². The zero-order valence-corrected chi connectivity index (χ0v) is 11.8. The first-order chi connectivity index (χ1) is 9.06. The number of benzene rings is 1. The van der Waals surface area contributed by atoms with Gasteiger partial charge in [0, 0.05) is 16.5 Å². The third-order valence-corrected chi connectivity index (χ3v) is 3.83. The van der Waals surface area contributed by atoms with Gasteiger partial charge in [-0.05, 0) is 36.8 Å². The van der Waals surface area contributed by atoms with Crippen LogP contribution in [0.1, 0.15) is 21.6 Å². The second-order valence-electron chi connectivity index (χ2n) is 4.03. The van der Waals surface area contributed by atoms with Crippen molar-refractivity contribution in [1.29, 1.82) is 0 Å². The summed E-state index contributed by atoms with van der Waals surface area (Å²) in [5.74, 6) is -0.292. The van der Waals surface area contributed by atoms with Crippen molar-refractivity contribution in [2.75, 3.05) is 0 Å². The lowest BCUT2D eigenvalue weighted by Crippen LogP contribution is -2.01. The summed E-state index contributed by atoms with van der Waals surface area (Å²) in [5, 5.41) is 10.4. The van der Waals surface area contributed by atoms with E-state index in [-0.39, 0.29) is 5.56 Å². The summed E-state index contributed by atoms with van der Waals surface area (Å²) in [6, 6.07) is 10.8. The Bertz CT molecular complexity index is 599.